The predicted molar refractivity (Wildman–Crippen MR) is 58.4 cm³/mol. The highest BCUT2D eigenvalue weighted by molar-refractivity contribution is 7.13. The fraction of sp³-hybridized carbons (Fsp3) is 0.700. The highest BCUT2D eigenvalue weighted by Crippen LogP contribution is 2.19. The van der Waals surface area contributed by atoms with E-state index in [9.17, 15) is 0 Å². The largest absolute Gasteiger partial charge is 0.378 e. The molecular weight excluding hydrogens is 196 g/mol. The summed E-state index contributed by atoms with van der Waals surface area (Å²) in [7, 11) is 0. The van der Waals surface area contributed by atoms with Crippen LogP contribution in [0.2, 0.25) is 0 Å². The van der Waals surface area contributed by atoms with Crippen LogP contribution in [0.25, 0.3) is 0 Å². The number of ether oxygens (including phenoxy) is 1. The number of hydrogen-bond acceptors (Lipinski definition) is 4. The lowest BCUT2D eigenvalue weighted by molar-refractivity contribution is 0.0114. The predicted octanol–water partition coefficient (Wildman–Crippen LogP) is 2.23. The number of nitrogens with zero attached hydrogens (tertiary/aromatic N) is 1. The van der Waals surface area contributed by atoms with Crippen LogP contribution in [-0.4, -0.2) is 17.7 Å². The third-order valence-corrected chi connectivity index (χ3v) is 3.29. The molecule has 1 aliphatic rings. The van der Waals surface area contributed by atoms with Gasteiger partial charge in [0.15, 0.2) is 5.13 Å². The average Bonchev–Trinajstić information content (AvgIpc) is 2.63. The fourth-order valence-corrected chi connectivity index (χ4v) is 2.38. The van der Waals surface area contributed by atoms with Crippen molar-refractivity contribution in [3.05, 3.63) is 11.1 Å². The van der Waals surface area contributed by atoms with E-state index >= 15 is 0 Å². The van der Waals surface area contributed by atoms with Crippen LogP contribution in [0.4, 0.5) is 5.13 Å². The minimum absolute atomic E-state index is 0.451. The second-order valence-electron chi connectivity index (χ2n) is 3.70. The minimum Gasteiger partial charge on any atom is -0.378 e. The van der Waals surface area contributed by atoms with E-state index in [1.165, 1.54) is 30.6 Å². The number of thiazole rings is 1. The minimum atomic E-state index is 0.451. The van der Waals surface area contributed by atoms with Gasteiger partial charge in [-0.3, -0.25) is 0 Å². The molecule has 78 valence electrons. The molecule has 1 aromatic rings. The first-order valence-corrected chi connectivity index (χ1v) is 6.04. The molecule has 2 rings (SSSR count). The molecule has 1 saturated heterocycles. The summed E-state index contributed by atoms with van der Waals surface area (Å²) in [4.78, 5) is 4.24. The van der Waals surface area contributed by atoms with Crippen molar-refractivity contribution in [2.24, 2.45) is 0 Å². The maximum atomic E-state index is 5.65. The summed E-state index contributed by atoms with van der Waals surface area (Å²) < 4.78 is 5.65. The van der Waals surface area contributed by atoms with Gasteiger partial charge in [-0.1, -0.05) is 0 Å². The summed E-state index contributed by atoms with van der Waals surface area (Å²) in [5, 5.41) is 2.71. The second kappa shape index (κ2) is 4.75. The van der Waals surface area contributed by atoms with E-state index in [1.807, 2.05) is 5.38 Å². The molecule has 0 spiro atoms. The molecule has 0 aromatic carbocycles. The number of aryl methyl sites for hydroxylation is 1. The van der Waals surface area contributed by atoms with Gasteiger partial charge in [0.1, 0.15) is 0 Å². The Morgan fingerprint density at radius 3 is 3.14 bits per heavy atom. The van der Waals surface area contributed by atoms with Gasteiger partial charge < -0.3 is 10.5 Å². The van der Waals surface area contributed by atoms with Crippen LogP contribution >= 0.6 is 11.3 Å². The molecular formula is C10H16N2OS. The number of nitrogen functional groups attached to an aromatic ring is 1. The molecule has 3 nitrogen and oxygen atoms in total. The second-order valence-corrected chi connectivity index (χ2v) is 4.59. The number of rotatable bonds is 3. The van der Waals surface area contributed by atoms with Crippen LogP contribution in [0.15, 0.2) is 5.38 Å². The van der Waals surface area contributed by atoms with Crippen molar-refractivity contribution in [2.45, 2.75) is 38.2 Å². The van der Waals surface area contributed by atoms with Crippen LogP contribution in [-0.2, 0) is 11.2 Å². The van der Waals surface area contributed by atoms with Gasteiger partial charge in [-0.25, -0.2) is 4.98 Å². The Labute approximate surface area is 88.3 Å². The SMILES string of the molecule is Nc1nc(CCC2CCCCO2)cs1. The molecule has 14 heavy (non-hydrogen) atoms. The molecule has 2 heterocycles. The molecule has 0 saturated carbocycles. The van der Waals surface area contributed by atoms with E-state index < -0.39 is 0 Å². The van der Waals surface area contributed by atoms with Crippen molar-refractivity contribution in [3.8, 4) is 0 Å². The molecule has 1 atom stereocenters. The smallest absolute Gasteiger partial charge is 0.180 e. The van der Waals surface area contributed by atoms with Crippen molar-refractivity contribution < 1.29 is 4.74 Å². The number of anilines is 1. The Bertz CT molecular complexity index is 281. The monoisotopic (exact) mass is 212 g/mol. The molecule has 1 fully saturated rings. The molecule has 1 aromatic heterocycles. The Morgan fingerprint density at radius 2 is 2.50 bits per heavy atom. The van der Waals surface area contributed by atoms with Gasteiger partial charge in [0, 0.05) is 12.0 Å². The molecule has 2 N–H and O–H groups in total. The number of aromatic nitrogens is 1. The highest BCUT2D eigenvalue weighted by Gasteiger charge is 2.13. The average molecular weight is 212 g/mol. The van der Waals surface area contributed by atoms with Crippen molar-refractivity contribution in [3.63, 3.8) is 0 Å². The summed E-state index contributed by atoms with van der Waals surface area (Å²) in [6.07, 6.45) is 6.28. The molecule has 0 amide bonds. The lowest BCUT2D eigenvalue weighted by Gasteiger charge is -2.21. The highest BCUT2D eigenvalue weighted by atomic mass is 32.1. The van der Waals surface area contributed by atoms with Gasteiger partial charge in [-0.15, -0.1) is 11.3 Å². The fourth-order valence-electron chi connectivity index (χ4n) is 1.78. The number of hydrogen-bond donors (Lipinski definition) is 1. The molecule has 1 aliphatic heterocycles. The number of nitrogens with two attached hydrogens (primary N) is 1. The van der Waals surface area contributed by atoms with Gasteiger partial charge in [0.05, 0.1) is 11.8 Å². The Hall–Kier alpha value is -0.610. The topological polar surface area (TPSA) is 48.1 Å². The summed E-state index contributed by atoms with van der Waals surface area (Å²) in [5.41, 5.74) is 6.68. The zero-order chi connectivity index (χ0) is 9.80. The van der Waals surface area contributed by atoms with E-state index in [-0.39, 0.29) is 0 Å². The van der Waals surface area contributed by atoms with Gasteiger partial charge in [-0.05, 0) is 32.1 Å². The van der Waals surface area contributed by atoms with Gasteiger partial charge >= 0.3 is 0 Å². The van der Waals surface area contributed by atoms with Crippen molar-refractivity contribution >= 4 is 16.5 Å². The Morgan fingerprint density at radius 1 is 1.57 bits per heavy atom. The first-order chi connectivity index (χ1) is 6.84. The van der Waals surface area contributed by atoms with Crippen LogP contribution in [0.1, 0.15) is 31.4 Å². The van der Waals surface area contributed by atoms with E-state index in [0.717, 1.165) is 25.1 Å². The first kappa shape index (κ1) is 9.93. The van der Waals surface area contributed by atoms with Crippen molar-refractivity contribution in [1.29, 1.82) is 0 Å². The lowest BCUT2D eigenvalue weighted by atomic mass is 10.0. The first-order valence-electron chi connectivity index (χ1n) is 5.16. The maximum absolute atomic E-state index is 5.65. The molecule has 0 radical (unpaired) electrons. The van der Waals surface area contributed by atoms with E-state index in [2.05, 4.69) is 4.98 Å². The third-order valence-electron chi connectivity index (χ3n) is 2.57. The van der Waals surface area contributed by atoms with Crippen molar-refractivity contribution in [2.75, 3.05) is 12.3 Å². The van der Waals surface area contributed by atoms with Crippen LogP contribution in [0.3, 0.4) is 0 Å². The van der Waals surface area contributed by atoms with Gasteiger partial charge in [0.2, 0.25) is 0 Å². The van der Waals surface area contributed by atoms with E-state index in [4.69, 9.17) is 10.5 Å². The van der Waals surface area contributed by atoms with Gasteiger partial charge in [0.25, 0.3) is 0 Å². The van der Waals surface area contributed by atoms with Crippen LogP contribution < -0.4 is 5.73 Å². The maximum Gasteiger partial charge on any atom is 0.180 e. The van der Waals surface area contributed by atoms with Crippen molar-refractivity contribution in [1.82, 2.24) is 4.98 Å². The molecule has 1 unspecified atom stereocenters. The Balaban J connectivity index is 1.76. The lowest BCUT2D eigenvalue weighted by Crippen LogP contribution is -2.19. The van der Waals surface area contributed by atoms with E-state index in [0.29, 0.717) is 11.2 Å². The standard InChI is InChI=1S/C10H16N2OS/c11-10-12-8(7-14-10)4-5-9-3-1-2-6-13-9/h7,9H,1-6H2,(H2,11,12). The zero-order valence-electron chi connectivity index (χ0n) is 8.24. The van der Waals surface area contributed by atoms with Gasteiger partial charge in [-0.2, -0.15) is 0 Å². The molecule has 0 bridgehead atoms. The summed E-state index contributed by atoms with van der Waals surface area (Å²) in [5.74, 6) is 0. The third kappa shape index (κ3) is 2.69. The quantitative estimate of drug-likeness (QED) is 0.835. The van der Waals surface area contributed by atoms with Crippen LogP contribution in [0.5, 0.6) is 0 Å². The molecule has 4 heteroatoms. The Kier molecular flexibility index (Phi) is 3.37. The molecule has 0 aliphatic carbocycles. The summed E-state index contributed by atoms with van der Waals surface area (Å²) in [6.45, 7) is 0.934. The van der Waals surface area contributed by atoms with E-state index in [1.54, 1.807) is 0 Å². The zero-order valence-corrected chi connectivity index (χ0v) is 9.05. The summed E-state index contributed by atoms with van der Waals surface area (Å²) >= 11 is 1.52. The summed E-state index contributed by atoms with van der Waals surface area (Å²) in [6, 6.07) is 0. The normalized spacial score (nSPS) is 22.4. The van der Waals surface area contributed by atoms with Crippen LogP contribution in [0, 0.1) is 0 Å².